The number of fused-ring (bicyclic) bond motifs is 1. The molecule has 0 radical (unpaired) electrons. The Morgan fingerprint density at radius 1 is 1.54 bits per heavy atom. The largest absolute Gasteiger partial charge is 0.486 e. The molecule has 2 rings (SSSR count). The van der Waals surface area contributed by atoms with E-state index in [4.69, 9.17) is 4.74 Å². The van der Waals surface area contributed by atoms with E-state index in [1.165, 1.54) is 10.4 Å². The van der Waals surface area contributed by atoms with E-state index in [-0.39, 0.29) is 0 Å². The van der Waals surface area contributed by atoms with Gasteiger partial charge in [-0.3, -0.25) is 0 Å². The smallest absolute Gasteiger partial charge is 0.240 e. The Morgan fingerprint density at radius 3 is 3.08 bits per heavy atom. The number of carbonyl (C=O) groups excluding carboxylic acids is 1. The number of rotatable bonds is 2. The molecule has 3 nitrogen and oxygen atoms in total. The third-order valence-corrected chi connectivity index (χ3v) is 3.45. The summed E-state index contributed by atoms with van der Waals surface area (Å²) >= 11 is 1.59. The molecule has 1 aromatic heterocycles. The number of nitrogens with zero attached hydrogens (tertiary/aromatic N) is 1. The van der Waals surface area contributed by atoms with Crippen molar-refractivity contribution < 1.29 is 9.53 Å². The Hall–Kier alpha value is -1.12. The molecule has 0 unspecified atom stereocenters. The molecule has 0 spiro atoms. The van der Waals surface area contributed by atoms with Gasteiger partial charge in [0.2, 0.25) is 11.1 Å². The maximum atomic E-state index is 10.2. The first kappa shape index (κ1) is 8.48. The lowest BCUT2D eigenvalue weighted by molar-refractivity contribution is 0.428. The van der Waals surface area contributed by atoms with Crippen molar-refractivity contribution in [3.05, 3.63) is 10.4 Å². The zero-order chi connectivity index (χ0) is 9.26. The topological polar surface area (TPSA) is 38.7 Å². The molecule has 0 atom stereocenters. The summed E-state index contributed by atoms with van der Waals surface area (Å²) in [6.07, 6.45) is 4.83. The van der Waals surface area contributed by atoms with Gasteiger partial charge in [0.1, 0.15) is 5.69 Å². The van der Waals surface area contributed by atoms with Gasteiger partial charge < -0.3 is 4.74 Å². The van der Waals surface area contributed by atoms with Crippen LogP contribution in [0.3, 0.4) is 0 Å². The zero-order valence-electron chi connectivity index (χ0n) is 7.29. The first-order valence-corrected chi connectivity index (χ1v) is 4.95. The van der Waals surface area contributed by atoms with E-state index in [0.29, 0.717) is 5.69 Å². The predicted molar refractivity (Wildman–Crippen MR) is 50.7 cm³/mol. The molecule has 0 amide bonds. The van der Waals surface area contributed by atoms with Crippen LogP contribution in [0.2, 0.25) is 0 Å². The van der Waals surface area contributed by atoms with Crippen LogP contribution < -0.4 is 4.74 Å². The number of isocyanates is 1. The summed E-state index contributed by atoms with van der Waals surface area (Å²) in [7, 11) is 1.60. The van der Waals surface area contributed by atoms with Crippen LogP contribution in [-0.4, -0.2) is 13.2 Å². The number of methoxy groups -OCH3 is 1. The SMILES string of the molecule is COc1sc2c(c1N=C=O)CCC2. The van der Waals surface area contributed by atoms with Crippen molar-refractivity contribution in [3.8, 4) is 5.06 Å². The van der Waals surface area contributed by atoms with Crippen molar-refractivity contribution in [2.24, 2.45) is 4.99 Å². The molecule has 1 aliphatic rings. The molecule has 0 saturated heterocycles. The van der Waals surface area contributed by atoms with Gasteiger partial charge in [0.05, 0.1) is 7.11 Å². The number of hydrogen-bond donors (Lipinski definition) is 0. The van der Waals surface area contributed by atoms with Crippen molar-refractivity contribution >= 4 is 23.1 Å². The van der Waals surface area contributed by atoms with Gasteiger partial charge in [0, 0.05) is 4.88 Å². The fraction of sp³-hybridized carbons (Fsp3) is 0.444. The fourth-order valence-corrected chi connectivity index (χ4v) is 2.80. The molecule has 1 aromatic rings. The summed E-state index contributed by atoms with van der Waals surface area (Å²) in [5, 5.41) is 0.744. The lowest BCUT2D eigenvalue weighted by Gasteiger charge is -1.96. The summed E-state index contributed by atoms with van der Waals surface area (Å²) in [5.74, 6) is 0. The summed E-state index contributed by atoms with van der Waals surface area (Å²) in [4.78, 5) is 15.2. The maximum absolute atomic E-state index is 10.2. The molecule has 4 heteroatoms. The van der Waals surface area contributed by atoms with Gasteiger partial charge in [-0.2, -0.15) is 4.99 Å². The van der Waals surface area contributed by atoms with Crippen LogP contribution in [0.4, 0.5) is 5.69 Å². The van der Waals surface area contributed by atoms with Crippen LogP contribution in [0.5, 0.6) is 5.06 Å². The van der Waals surface area contributed by atoms with Crippen molar-refractivity contribution in [1.82, 2.24) is 0 Å². The van der Waals surface area contributed by atoms with Crippen LogP contribution in [0, 0.1) is 0 Å². The quantitative estimate of drug-likeness (QED) is 0.536. The molecule has 0 fully saturated rings. The van der Waals surface area contributed by atoms with E-state index in [1.807, 2.05) is 0 Å². The Morgan fingerprint density at radius 2 is 2.38 bits per heavy atom. The second kappa shape index (κ2) is 3.32. The highest BCUT2D eigenvalue weighted by atomic mass is 32.1. The van der Waals surface area contributed by atoms with E-state index in [1.54, 1.807) is 24.5 Å². The van der Waals surface area contributed by atoms with Gasteiger partial charge in [-0.1, -0.05) is 0 Å². The molecule has 13 heavy (non-hydrogen) atoms. The summed E-state index contributed by atoms with van der Waals surface area (Å²) in [6, 6.07) is 0. The minimum Gasteiger partial charge on any atom is -0.486 e. The van der Waals surface area contributed by atoms with Crippen LogP contribution in [0.25, 0.3) is 0 Å². The van der Waals surface area contributed by atoms with E-state index in [0.717, 1.165) is 24.3 Å². The minimum absolute atomic E-state index is 0.704. The van der Waals surface area contributed by atoms with Crippen LogP contribution in [-0.2, 0) is 17.6 Å². The van der Waals surface area contributed by atoms with Gasteiger partial charge in [-0.05, 0) is 24.8 Å². The molecule has 0 saturated carbocycles. The zero-order valence-corrected chi connectivity index (χ0v) is 8.11. The van der Waals surface area contributed by atoms with Gasteiger partial charge in [-0.15, -0.1) is 11.3 Å². The lowest BCUT2D eigenvalue weighted by atomic mass is 10.2. The maximum Gasteiger partial charge on any atom is 0.240 e. The Labute approximate surface area is 80.1 Å². The third-order valence-electron chi connectivity index (χ3n) is 2.21. The average molecular weight is 195 g/mol. The number of aryl methyl sites for hydroxylation is 1. The first-order valence-electron chi connectivity index (χ1n) is 4.13. The van der Waals surface area contributed by atoms with Crippen molar-refractivity contribution in [1.29, 1.82) is 0 Å². The molecule has 0 aliphatic heterocycles. The molecular formula is C9H9NO2S. The van der Waals surface area contributed by atoms with E-state index < -0.39 is 0 Å². The Bertz CT molecular complexity index is 377. The van der Waals surface area contributed by atoms with Crippen molar-refractivity contribution in [2.45, 2.75) is 19.3 Å². The normalized spacial score (nSPS) is 13.6. The fourth-order valence-electron chi connectivity index (χ4n) is 1.66. The molecule has 68 valence electrons. The molecule has 1 aliphatic carbocycles. The Balaban J connectivity index is 2.55. The lowest BCUT2D eigenvalue weighted by Crippen LogP contribution is -1.80. The Kier molecular flexibility index (Phi) is 2.17. The number of hydrogen-bond acceptors (Lipinski definition) is 4. The third kappa shape index (κ3) is 1.28. The molecule has 1 heterocycles. The molecule has 0 N–H and O–H groups in total. The van der Waals surface area contributed by atoms with Gasteiger partial charge in [0.25, 0.3) is 0 Å². The molecule has 0 bridgehead atoms. The number of ether oxygens (including phenoxy) is 1. The van der Waals surface area contributed by atoms with Crippen molar-refractivity contribution in [2.75, 3.05) is 7.11 Å². The van der Waals surface area contributed by atoms with Crippen molar-refractivity contribution in [3.63, 3.8) is 0 Å². The first-order chi connectivity index (χ1) is 6.36. The van der Waals surface area contributed by atoms with Crippen LogP contribution >= 0.6 is 11.3 Å². The second-order valence-electron chi connectivity index (χ2n) is 2.90. The number of thiophene rings is 1. The summed E-state index contributed by atoms with van der Waals surface area (Å²) in [6.45, 7) is 0. The summed E-state index contributed by atoms with van der Waals surface area (Å²) < 4.78 is 5.14. The van der Waals surface area contributed by atoms with Crippen LogP contribution in [0.1, 0.15) is 16.9 Å². The molecule has 0 aromatic carbocycles. The van der Waals surface area contributed by atoms with E-state index in [9.17, 15) is 4.79 Å². The highest BCUT2D eigenvalue weighted by molar-refractivity contribution is 7.14. The molecular weight excluding hydrogens is 186 g/mol. The number of aliphatic imine (C=N–C) groups is 1. The highest BCUT2D eigenvalue weighted by Crippen LogP contribution is 2.45. The predicted octanol–water partition coefficient (Wildman–Crippen LogP) is 2.21. The van der Waals surface area contributed by atoms with E-state index in [2.05, 4.69) is 4.99 Å². The minimum atomic E-state index is 0.704. The van der Waals surface area contributed by atoms with Gasteiger partial charge in [-0.25, -0.2) is 4.79 Å². The monoisotopic (exact) mass is 195 g/mol. The van der Waals surface area contributed by atoms with Gasteiger partial charge in [0.15, 0.2) is 0 Å². The standard InChI is InChI=1S/C9H9NO2S/c1-12-9-8(10-5-11)6-3-2-4-7(6)13-9/h2-4H2,1H3. The van der Waals surface area contributed by atoms with E-state index >= 15 is 0 Å². The second-order valence-corrected chi connectivity index (χ2v) is 3.97. The summed E-state index contributed by atoms with van der Waals surface area (Å²) in [5.41, 5.74) is 1.89. The average Bonchev–Trinajstić information content (AvgIpc) is 2.67. The van der Waals surface area contributed by atoms with Gasteiger partial charge >= 0.3 is 0 Å². The van der Waals surface area contributed by atoms with Crippen LogP contribution in [0.15, 0.2) is 4.99 Å². The highest BCUT2D eigenvalue weighted by Gasteiger charge is 2.22.